The summed E-state index contributed by atoms with van der Waals surface area (Å²) in [5.41, 5.74) is 0.220. The van der Waals surface area contributed by atoms with Gasteiger partial charge in [0.05, 0.1) is 5.92 Å². The molecule has 1 aliphatic heterocycles. The van der Waals surface area contributed by atoms with Crippen LogP contribution < -0.4 is 0 Å². The summed E-state index contributed by atoms with van der Waals surface area (Å²) in [6.07, 6.45) is 3.96. The first-order valence-corrected chi connectivity index (χ1v) is 7.98. The third-order valence-corrected chi connectivity index (χ3v) is 5.21. The Morgan fingerprint density at radius 1 is 1.39 bits per heavy atom. The van der Waals surface area contributed by atoms with Gasteiger partial charge in [0, 0.05) is 11.0 Å². The Hall–Kier alpha value is -1.02. The monoisotopic (exact) mass is 278 g/mol. The van der Waals surface area contributed by atoms with Crippen molar-refractivity contribution < 1.29 is 4.68 Å². The van der Waals surface area contributed by atoms with E-state index in [-0.39, 0.29) is 11.1 Å². The van der Waals surface area contributed by atoms with Crippen LogP contribution in [0.5, 0.6) is 0 Å². The summed E-state index contributed by atoms with van der Waals surface area (Å²) < 4.78 is 1.53. The fourth-order valence-corrected chi connectivity index (χ4v) is 4.42. The van der Waals surface area contributed by atoms with Gasteiger partial charge in [-0.3, -0.25) is 0 Å². The largest absolute Gasteiger partial charge is 0.757 e. The molecule has 2 atom stereocenters. The van der Waals surface area contributed by atoms with Crippen molar-refractivity contribution in [2.45, 2.75) is 13.8 Å². The fourth-order valence-electron chi connectivity index (χ4n) is 2.56. The third-order valence-electron chi connectivity index (χ3n) is 3.61. The van der Waals surface area contributed by atoms with Crippen LogP contribution in [0.2, 0.25) is 0 Å². The minimum atomic E-state index is 0.0482. The summed E-state index contributed by atoms with van der Waals surface area (Å²) in [6.45, 7) is 4.43. The topological polar surface area (TPSA) is 61.5 Å². The average molecular weight is 278 g/mol. The lowest BCUT2D eigenvalue weighted by molar-refractivity contribution is -0.473. The number of hydrogen-bond acceptors (Lipinski definition) is 4. The Labute approximate surface area is 115 Å². The molecule has 94 valence electrons. The first-order valence-electron chi connectivity index (χ1n) is 5.53. The van der Waals surface area contributed by atoms with Crippen LogP contribution in [0.3, 0.4) is 0 Å². The van der Waals surface area contributed by atoms with Gasteiger partial charge < -0.3 is 5.41 Å². The first kappa shape index (κ1) is 13.4. The second kappa shape index (κ2) is 4.58. The number of allylic oxidation sites excluding steroid dienone is 1. The van der Waals surface area contributed by atoms with E-state index in [0.29, 0.717) is 11.8 Å². The molecule has 2 aliphatic rings. The second-order valence-corrected chi connectivity index (χ2v) is 6.50. The van der Waals surface area contributed by atoms with Crippen LogP contribution in [0.1, 0.15) is 13.8 Å². The molecule has 2 rings (SSSR count). The molecule has 0 saturated heterocycles. The molecule has 0 aromatic rings. The van der Waals surface area contributed by atoms with E-state index in [1.165, 1.54) is 4.68 Å². The minimum Gasteiger partial charge on any atom is -0.757 e. The van der Waals surface area contributed by atoms with Crippen molar-refractivity contribution in [1.82, 2.24) is 0 Å². The van der Waals surface area contributed by atoms with E-state index >= 15 is 0 Å². The maximum atomic E-state index is 9.03. The molecule has 18 heavy (non-hydrogen) atoms. The number of thioether (sulfide) groups is 2. The number of hydrazone groups is 1. The average Bonchev–Trinajstić information content (AvgIpc) is 2.93. The lowest BCUT2D eigenvalue weighted by atomic mass is 10.1. The van der Waals surface area contributed by atoms with Crippen LogP contribution in [0.25, 0.3) is 5.41 Å². The number of rotatable bonds is 1. The molecule has 6 heteroatoms. The van der Waals surface area contributed by atoms with E-state index in [2.05, 4.69) is 18.9 Å². The Bertz CT molecular complexity index is 547. The molecule has 0 N–H and O–H groups in total. The molecule has 0 aromatic carbocycles. The Kier molecular flexibility index (Phi) is 3.41. The van der Waals surface area contributed by atoms with E-state index in [4.69, 9.17) is 10.7 Å². The third kappa shape index (κ3) is 1.74. The van der Waals surface area contributed by atoms with Gasteiger partial charge >= 0.3 is 5.70 Å². The Morgan fingerprint density at radius 3 is 2.50 bits per heavy atom. The SMILES string of the molecule is CSC1=N[N+](C(=C=[N-])C#N)=C(SC)[C@H]2[C@@H]1C2(C)C. The molecule has 0 amide bonds. The molecule has 1 saturated carbocycles. The summed E-state index contributed by atoms with van der Waals surface area (Å²) in [4.78, 5) is 0. The highest BCUT2D eigenvalue weighted by atomic mass is 32.2. The van der Waals surface area contributed by atoms with Crippen molar-refractivity contribution in [2.75, 3.05) is 12.5 Å². The van der Waals surface area contributed by atoms with Crippen LogP contribution >= 0.6 is 23.5 Å². The summed E-state index contributed by atoms with van der Waals surface area (Å²) in [7, 11) is 0. The molecule has 0 unspecified atom stereocenters. The molecule has 0 bridgehead atoms. The van der Waals surface area contributed by atoms with Crippen molar-refractivity contribution in [3.63, 3.8) is 0 Å². The minimum absolute atomic E-state index is 0.0482. The highest BCUT2D eigenvalue weighted by Gasteiger charge is 2.68. The molecule has 0 spiro atoms. The van der Waals surface area contributed by atoms with Crippen molar-refractivity contribution in [3.05, 3.63) is 11.1 Å². The van der Waals surface area contributed by atoms with E-state index in [1.54, 1.807) is 23.5 Å². The Morgan fingerprint density at radius 2 is 2.06 bits per heavy atom. The van der Waals surface area contributed by atoms with Gasteiger partial charge in [-0.2, -0.15) is 11.1 Å². The lowest BCUT2D eigenvalue weighted by Crippen LogP contribution is -2.23. The predicted octanol–water partition coefficient (Wildman–Crippen LogP) is 2.37. The van der Waals surface area contributed by atoms with Crippen LogP contribution in [0.4, 0.5) is 0 Å². The van der Waals surface area contributed by atoms with Gasteiger partial charge in [-0.05, 0) is 22.6 Å². The van der Waals surface area contributed by atoms with Crippen molar-refractivity contribution in [3.8, 4) is 6.07 Å². The van der Waals surface area contributed by atoms with Crippen molar-refractivity contribution >= 4 is 39.5 Å². The molecule has 1 fully saturated rings. The molecule has 1 heterocycles. The van der Waals surface area contributed by atoms with Gasteiger partial charge in [0.25, 0.3) is 5.04 Å². The first-order chi connectivity index (χ1) is 8.52. The molecular formula is C12H14N4S2. The summed E-state index contributed by atoms with van der Waals surface area (Å²) in [5, 5.41) is 24.6. The lowest BCUT2D eigenvalue weighted by Gasteiger charge is -2.07. The molecule has 0 aromatic heterocycles. The number of hydrogen-bond donors (Lipinski definition) is 0. The van der Waals surface area contributed by atoms with Crippen molar-refractivity contribution in [2.24, 2.45) is 22.4 Å². The fraction of sp³-hybridized carbons (Fsp3) is 0.583. The summed E-state index contributed by atoms with van der Waals surface area (Å²) >= 11 is 3.19. The van der Waals surface area contributed by atoms with E-state index in [0.717, 1.165) is 10.1 Å². The van der Waals surface area contributed by atoms with Crippen LogP contribution in [0, 0.1) is 28.6 Å². The van der Waals surface area contributed by atoms with Crippen molar-refractivity contribution in [1.29, 1.82) is 5.26 Å². The predicted molar refractivity (Wildman–Crippen MR) is 78.0 cm³/mol. The summed E-state index contributed by atoms with van der Waals surface area (Å²) in [5.74, 6) is 2.74. The zero-order chi connectivity index (χ0) is 13.5. The number of nitrogens with zero attached hydrogens (tertiary/aromatic N) is 4. The standard InChI is InChI=1S/C12H14N4S2/c1-12(2)8-9(12)11(18-4)16(7(5-13)6-14)15-10(8)17-3/h8-9H,1-4H3/t8-,9+/m0/s1. The molecule has 1 aliphatic carbocycles. The van der Waals surface area contributed by atoms with Crippen LogP contribution in [0.15, 0.2) is 10.8 Å². The second-order valence-electron chi connectivity index (χ2n) is 4.85. The maximum Gasteiger partial charge on any atom is 0.336 e. The smallest absolute Gasteiger partial charge is 0.336 e. The molecule has 4 nitrogen and oxygen atoms in total. The zero-order valence-electron chi connectivity index (χ0n) is 10.8. The quantitative estimate of drug-likeness (QED) is 0.420. The number of nitriles is 1. The highest BCUT2D eigenvalue weighted by Crippen LogP contribution is 2.63. The van der Waals surface area contributed by atoms with Gasteiger partial charge in [0.1, 0.15) is 5.04 Å². The molecule has 0 radical (unpaired) electrons. The van der Waals surface area contributed by atoms with Crippen LogP contribution in [-0.4, -0.2) is 33.2 Å². The van der Waals surface area contributed by atoms with Gasteiger partial charge in [0.2, 0.25) is 0 Å². The maximum absolute atomic E-state index is 9.03. The van der Waals surface area contributed by atoms with E-state index in [9.17, 15) is 0 Å². The van der Waals surface area contributed by atoms with Gasteiger partial charge in [-0.15, -0.1) is 11.8 Å². The number of fused-ring (bicyclic) bond motifs is 1. The van der Waals surface area contributed by atoms with E-state index < -0.39 is 0 Å². The summed E-state index contributed by atoms with van der Waals surface area (Å²) in [6, 6.07) is 1.93. The van der Waals surface area contributed by atoms with Gasteiger partial charge in [-0.25, -0.2) is 0 Å². The van der Waals surface area contributed by atoms with Gasteiger partial charge in [0.15, 0.2) is 6.07 Å². The molecular weight excluding hydrogens is 264 g/mol. The zero-order valence-corrected chi connectivity index (χ0v) is 12.4. The Balaban J connectivity index is 2.59. The highest BCUT2D eigenvalue weighted by molar-refractivity contribution is 8.14. The van der Waals surface area contributed by atoms with Gasteiger partial charge in [-0.1, -0.05) is 25.6 Å². The normalized spacial score (nSPS) is 27.8. The van der Waals surface area contributed by atoms with Crippen LogP contribution in [-0.2, 0) is 0 Å². The van der Waals surface area contributed by atoms with E-state index in [1.807, 2.05) is 24.5 Å².